The highest BCUT2D eigenvalue weighted by atomic mass is 79.9. The molecule has 2 fully saturated rings. The summed E-state index contributed by atoms with van der Waals surface area (Å²) in [5.41, 5.74) is 1.86. The van der Waals surface area contributed by atoms with Crippen molar-refractivity contribution in [3.63, 3.8) is 0 Å². The predicted molar refractivity (Wildman–Crippen MR) is 129 cm³/mol. The van der Waals surface area contributed by atoms with Crippen molar-refractivity contribution in [2.45, 2.75) is 6.54 Å². The van der Waals surface area contributed by atoms with E-state index in [0.717, 1.165) is 20.9 Å². The number of likely N-dealkylation sites (N-methyl/N-ethyl adjacent to an activating group) is 1. The van der Waals surface area contributed by atoms with E-state index in [1.54, 1.807) is 18.0 Å². The number of morpholine rings is 1. The summed E-state index contributed by atoms with van der Waals surface area (Å²) < 4.78 is 12.8. The summed E-state index contributed by atoms with van der Waals surface area (Å²) in [6.45, 7) is 2.21. The average molecular weight is 535 g/mol. The lowest BCUT2D eigenvalue weighted by Gasteiger charge is -2.27. The summed E-state index contributed by atoms with van der Waals surface area (Å²) in [4.78, 5) is 42.2. The first-order chi connectivity index (χ1) is 15.8. The van der Waals surface area contributed by atoms with Crippen LogP contribution in [0.1, 0.15) is 5.56 Å². The van der Waals surface area contributed by atoms with Gasteiger partial charge in [0.05, 0.1) is 20.3 Å². The number of benzene rings is 1. The molecule has 3 heterocycles. The Morgan fingerprint density at radius 1 is 1.24 bits per heavy atom. The normalized spacial score (nSPS) is 18.0. The number of thiocarbonyl (C=S) groups is 1. The van der Waals surface area contributed by atoms with Gasteiger partial charge in [-0.15, -0.1) is 0 Å². The second-order valence-electron chi connectivity index (χ2n) is 7.71. The third kappa shape index (κ3) is 4.66. The van der Waals surface area contributed by atoms with Gasteiger partial charge in [0.1, 0.15) is 18.8 Å². The first kappa shape index (κ1) is 23.4. The summed E-state index contributed by atoms with van der Waals surface area (Å²) >= 11 is 8.86. The Balaban J connectivity index is 1.73. The third-order valence-corrected chi connectivity index (χ3v) is 6.67. The molecule has 0 aliphatic carbocycles. The first-order valence-electron chi connectivity index (χ1n) is 10.3. The fourth-order valence-electron chi connectivity index (χ4n) is 3.89. The Morgan fingerprint density at radius 3 is 2.67 bits per heavy atom. The monoisotopic (exact) mass is 534 g/mol. The number of carbonyl (C=O) groups is 3. The number of hydrogen-bond acceptors (Lipinski definition) is 6. The minimum Gasteiger partial charge on any atom is -0.468 e. The highest BCUT2D eigenvalue weighted by molar-refractivity contribution is 9.10. The SMILES string of the molecule is COC(=O)CN1C(=S)N(C)C(=O)/C1=C/c1cn(CC(=O)N2CCOCC2)c2ccc(Br)cc12. The molecule has 1 aromatic carbocycles. The molecule has 9 nitrogen and oxygen atoms in total. The maximum Gasteiger partial charge on any atom is 0.325 e. The van der Waals surface area contributed by atoms with Crippen molar-refractivity contribution < 1.29 is 23.9 Å². The van der Waals surface area contributed by atoms with Crippen molar-refractivity contribution in [2.24, 2.45) is 0 Å². The number of carbonyl (C=O) groups excluding carboxylic acids is 3. The van der Waals surface area contributed by atoms with E-state index in [4.69, 9.17) is 21.7 Å². The molecule has 0 saturated carbocycles. The highest BCUT2D eigenvalue weighted by Crippen LogP contribution is 2.30. The molecule has 0 atom stereocenters. The summed E-state index contributed by atoms with van der Waals surface area (Å²) in [5.74, 6) is -0.820. The topological polar surface area (TPSA) is 84.3 Å². The quantitative estimate of drug-likeness (QED) is 0.328. The molecule has 4 rings (SSSR count). The van der Waals surface area contributed by atoms with Crippen LogP contribution in [0.5, 0.6) is 0 Å². The number of fused-ring (bicyclic) bond motifs is 1. The number of nitrogens with zero attached hydrogens (tertiary/aromatic N) is 4. The standard InChI is InChI=1S/C22H23BrN4O5S/c1-24-21(30)18(27(22(24)33)13-20(29)31-2)9-14-11-26(17-4-3-15(23)10-16(14)17)12-19(28)25-5-7-32-8-6-25/h3-4,9-11H,5-8,12-13H2,1-2H3/b18-9-. The van der Waals surface area contributed by atoms with Crippen LogP contribution in [0, 0.1) is 0 Å². The molecular formula is C22H23BrN4O5S. The zero-order chi connectivity index (χ0) is 23.7. The van der Waals surface area contributed by atoms with E-state index in [1.807, 2.05) is 29.0 Å². The van der Waals surface area contributed by atoms with Gasteiger partial charge in [0.25, 0.3) is 5.91 Å². The molecule has 0 spiro atoms. The average Bonchev–Trinajstić information content (AvgIpc) is 3.24. The fourth-order valence-corrected chi connectivity index (χ4v) is 4.50. The van der Waals surface area contributed by atoms with Gasteiger partial charge in [-0.1, -0.05) is 15.9 Å². The molecule has 174 valence electrons. The molecule has 2 amide bonds. The van der Waals surface area contributed by atoms with Crippen LogP contribution in [0.3, 0.4) is 0 Å². The van der Waals surface area contributed by atoms with Gasteiger partial charge in [0.2, 0.25) is 5.91 Å². The second kappa shape index (κ2) is 9.62. The number of methoxy groups -OCH3 is 1. The van der Waals surface area contributed by atoms with Crippen molar-refractivity contribution in [2.75, 3.05) is 47.0 Å². The lowest BCUT2D eigenvalue weighted by Crippen LogP contribution is -2.42. The van der Waals surface area contributed by atoms with Gasteiger partial charge in [-0.3, -0.25) is 19.3 Å². The molecule has 33 heavy (non-hydrogen) atoms. The molecule has 0 unspecified atom stereocenters. The summed E-state index contributed by atoms with van der Waals surface area (Å²) in [7, 11) is 2.85. The highest BCUT2D eigenvalue weighted by Gasteiger charge is 2.37. The number of aromatic nitrogens is 1. The Kier molecular flexibility index (Phi) is 6.82. The molecule has 0 radical (unpaired) electrons. The van der Waals surface area contributed by atoms with Crippen molar-refractivity contribution in [1.82, 2.24) is 19.3 Å². The van der Waals surface area contributed by atoms with Gasteiger partial charge in [0, 0.05) is 47.3 Å². The molecule has 0 N–H and O–H groups in total. The summed E-state index contributed by atoms with van der Waals surface area (Å²) in [6.07, 6.45) is 3.54. The van der Waals surface area contributed by atoms with Crippen molar-refractivity contribution in [1.29, 1.82) is 0 Å². The molecule has 2 saturated heterocycles. The zero-order valence-corrected chi connectivity index (χ0v) is 20.6. The van der Waals surface area contributed by atoms with E-state index < -0.39 is 5.97 Å². The van der Waals surface area contributed by atoms with Crippen LogP contribution in [0.25, 0.3) is 17.0 Å². The molecule has 2 aromatic rings. The van der Waals surface area contributed by atoms with Gasteiger partial charge in [-0.25, -0.2) is 0 Å². The smallest absolute Gasteiger partial charge is 0.325 e. The number of ether oxygens (including phenoxy) is 2. The second-order valence-corrected chi connectivity index (χ2v) is 8.99. The van der Waals surface area contributed by atoms with Crippen LogP contribution in [-0.4, -0.2) is 89.2 Å². The lowest BCUT2D eigenvalue weighted by atomic mass is 10.1. The Labute approximate surface area is 204 Å². The number of esters is 1. The van der Waals surface area contributed by atoms with E-state index in [-0.39, 0.29) is 35.7 Å². The molecule has 2 aliphatic heterocycles. The zero-order valence-electron chi connectivity index (χ0n) is 18.2. The Hall–Kier alpha value is -2.76. The van der Waals surface area contributed by atoms with Crippen molar-refractivity contribution in [3.05, 3.63) is 40.1 Å². The van der Waals surface area contributed by atoms with Gasteiger partial charge in [-0.2, -0.15) is 0 Å². The van der Waals surface area contributed by atoms with Crippen LogP contribution in [0.2, 0.25) is 0 Å². The van der Waals surface area contributed by atoms with E-state index >= 15 is 0 Å². The molecular weight excluding hydrogens is 512 g/mol. The van der Waals surface area contributed by atoms with E-state index in [1.165, 1.54) is 16.9 Å². The number of halogens is 1. The first-order valence-corrected chi connectivity index (χ1v) is 11.5. The lowest BCUT2D eigenvalue weighted by molar-refractivity contribution is -0.140. The van der Waals surface area contributed by atoms with Crippen molar-refractivity contribution >= 4 is 68.0 Å². The van der Waals surface area contributed by atoms with Gasteiger partial charge < -0.3 is 23.8 Å². The minimum absolute atomic E-state index is 0.00231. The van der Waals surface area contributed by atoms with Crippen LogP contribution >= 0.6 is 28.1 Å². The molecule has 11 heteroatoms. The molecule has 1 aromatic heterocycles. The van der Waals surface area contributed by atoms with Gasteiger partial charge in [0.15, 0.2) is 5.11 Å². The molecule has 0 bridgehead atoms. The number of amides is 2. The van der Waals surface area contributed by atoms with Gasteiger partial charge in [-0.05, 0) is 36.5 Å². The van der Waals surface area contributed by atoms with E-state index in [2.05, 4.69) is 15.9 Å². The van der Waals surface area contributed by atoms with E-state index in [9.17, 15) is 14.4 Å². The summed E-state index contributed by atoms with van der Waals surface area (Å²) in [6, 6.07) is 5.76. The maximum absolute atomic E-state index is 12.9. The Bertz CT molecular complexity index is 1170. The third-order valence-electron chi connectivity index (χ3n) is 5.68. The minimum atomic E-state index is -0.507. The fraction of sp³-hybridized carbons (Fsp3) is 0.364. The van der Waals surface area contributed by atoms with Crippen LogP contribution in [0.4, 0.5) is 0 Å². The number of rotatable bonds is 5. The molecule has 2 aliphatic rings. The van der Waals surface area contributed by atoms with Crippen LogP contribution in [0.15, 0.2) is 34.6 Å². The maximum atomic E-state index is 12.9. The van der Waals surface area contributed by atoms with Crippen LogP contribution in [-0.2, 0) is 30.4 Å². The summed E-state index contributed by atoms with van der Waals surface area (Å²) in [5, 5.41) is 1.09. The van der Waals surface area contributed by atoms with E-state index in [0.29, 0.717) is 26.3 Å². The Morgan fingerprint density at radius 2 is 1.97 bits per heavy atom. The predicted octanol–water partition coefficient (Wildman–Crippen LogP) is 1.84. The van der Waals surface area contributed by atoms with Crippen molar-refractivity contribution in [3.8, 4) is 0 Å². The number of hydrogen-bond donors (Lipinski definition) is 0. The largest absolute Gasteiger partial charge is 0.468 e. The van der Waals surface area contributed by atoms with Crippen LogP contribution < -0.4 is 0 Å². The van der Waals surface area contributed by atoms with Gasteiger partial charge >= 0.3 is 5.97 Å².